The Kier molecular flexibility index (Phi) is 3.76. The lowest BCUT2D eigenvalue weighted by atomic mass is 10.0. The summed E-state index contributed by atoms with van der Waals surface area (Å²) in [7, 11) is 3.99. The van der Waals surface area contributed by atoms with Gasteiger partial charge >= 0.3 is 0 Å². The topological polar surface area (TPSA) is 107 Å². The average Bonchev–Trinajstić information content (AvgIpc) is 2.55. The average molecular weight is 307 g/mol. The Labute approximate surface area is 134 Å². The van der Waals surface area contributed by atoms with Gasteiger partial charge in [0, 0.05) is 49.5 Å². The third-order valence-electron chi connectivity index (χ3n) is 3.43. The number of nitrogen functional groups attached to an aromatic ring is 2. The Bertz CT molecular complexity index is 828. The van der Waals surface area contributed by atoms with E-state index in [0.717, 1.165) is 22.4 Å². The third-order valence-corrected chi connectivity index (χ3v) is 3.43. The summed E-state index contributed by atoms with van der Waals surface area (Å²) in [5, 5.41) is 0. The number of rotatable bonds is 3. The molecule has 3 rings (SSSR count). The van der Waals surface area contributed by atoms with E-state index in [9.17, 15) is 0 Å². The normalized spacial score (nSPS) is 10.5. The minimum absolute atomic E-state index is 0.198. The van der Waals surface area contributed by atoms with Gasteiger partial charge in [0.2, 0.25) is 11.9 Å². The van der Waals surface area contributed by atoms with Crippen molar-refractivity contribution in [2.75, 3.05) is 30.5 Å². The Morgan fingerprint density at radius 1 is 0.870 bits per heavy atom. The minimum atomic E-state index is 0.198. The molecule has 1 aromatic carbocycles. The Hall–Kier alpha value is -3.22. The zero-order valence-corrected chi connectivity index (χ0v) is 12.9. The zero-order valence-electron chi connectivity index (χ0n) is 12.9. The Morgan fingerprint density at radius 3 is 2.26 bits per heavy atom. The minimum Gasteiger partial charge on any atom is -0.378 e. The first-order chi connectivity index (χ1) is 11.0. The molecular weight excluding hydrogens is 290 g/mol. The van der Waals surface area contributed by atoms with Gasteiger partial charge in [-0.1, -0.05) is 12.1 Å². The monoisotopic (exact) mass is 307 g/mol. The van der Waals surface area contributed by atoms with Crippen LogP contribution >= 0.6 is 0 Å². The first-order valence-electron chi connectivity index (χ1n) is 7.03. The molecule has 7 nitrogen and oxygen atoms in total. The fourth-order valence-electron chi connectivity index (χ4n) is 2.24. The summed E-state index contributed by atoms with van der Waals surface area (Å²) in [5.74, 6) is 0.413. The molecule has 0 unspecified atom stereocenters. The van der Waals surface area contributed by atoms with Gasteiger partial charge in [-0.05, 0) is 17.7 Å². The smallest absolute Gasteiger partial charge is 0.220 e. The summed E-state index contributed by atoms with van der Waals surface area (Å²) in [5.41, 5.74) is 15.6. The van der Waals surface area contributed by atoms with Crippen LogP contribution in [-0.2, 0) is 0 Å². The SMILES string of the molecule is CN(C)c1cccc(-c2cnc(N)nc2-c2cnc(N)nc2)c1. The molecule has 0 amide bonds. The predicted molar refractivity (Wildman–Crippen MR) is 91.6 cm³/mol. The van der Waals surface area contributed by atoms with Crippen LogP contribution in [0, 0.1) is 0 Å². The van der Waals surface area contributed by atoms with Gasteiger partial charge in [-0.25, -0.2) is 19.9 Å². The lowest BCUT2D eigenvalue weighted by Gasteiger charge is -2.15. The van der Waals surface area contributed by atoms with Gasteiger partial charge in [0.1, 0.15) is 0 Å². The van der Waals surface area contributed by atoms with Gasteiger partial charge in [0.25, 0.3) is 0 Å². The van der Waals surface area contributed by atoms with Crippen molar-refractivity contribution in [2.24, 2.45) is 0 Å². The van der Waals surface area contributed by atoms with Crippen LogP contribution in [0.3, 0.4) is 0 Å². The van der Waals surface area contributed by atoms with Crippen molar-refractivity contribution in [3.05, 3.63) is 42.9 Å². The molecule has 0 aliphatic heterocycles. The molecule has 0 aliphatic rings. The maximum atomic E-state index is 5.75. The van der Waals surface area contributed by atoms with E-state index in [2.05, 4.69) is 26.0 Å². The van der Waals surface area contributed by atoms with Crippen LogP contribution in [0.4, 0.5) is 17.6 Å². The Balaban J connectivity index is 2.16. The highest BCUT2D eigenvalue weighted by Gasteiger charge is 2.12. The second-order valence-corrected chi connectivity index (χ2v) is 5.27. The molecule has 2 heterocycles. The number of nitrogens with zero attached hydrogens (tertiary/aromatic N) is 5. The standard InChI is InChI=1S/C16H17N7/c1-23(2)12-5-3-4-10(6-12)13-9-21-16(18)22-14(13)11-7-19-15(17)20-8-11/h3-9H,1-2H3,(H2,17,19,20)(H2,18,21,22). The largest absolute Gasteiger partial charge is 0.378 e. The molecule has 0 fully saturated rings. The molecule has 116 valence electrons. The van der Waals surface area contributed by atoms with Crippen molar-refractivity contribution in [1.82, 2.24) is 19.9 Å². The maximum absolute atomic E-state index is 5.75. The van der Waals surface area contributed by atoms with Crippen LogP contribution in [-0.4, -0.2) is 34.0 Å². The molecule has 23 heavy (non-hydrogen) atoms. The number of nitrogens with two attached hydrogens (primary N) is 2. The molecule has 7 heteroatoms. The van der Waals surface area contributed by atoms with E-state index in [1.165, 1.54) is 0 Å². The lowest BCUT2D eigenvalue weighted by molar-refractivity contribution is 1.13. The van der Waals surface area contributed by atoms with E-state index in [1.54, 1.807) is 18.6 Å². The molecule has 2 aromatic heterocycles. The van der Waals surface area contributed by atoms with Crippen LogP contribution in [0.5, 0.6) is 0 Å². The summed E-state index contributed by atoms with van der Waals surface area (Å²) in [6.45, 7) is 0. The van der Waals surface area contributed by atoms with Gasteiger partial charge < -0.3 is 16.4 Å². The van der Waals surface area contributed by atoms with Crippen molar-refractivity contribution < 1.29 is 0 Å². The first-order valence-corrected chi connectivity index (χ1v) is 7.03. The molecule has 0 saturated heterocycles. The fourth-order valence-corrected chi connectivity index (χ4v) is 2.24. The molecule has 0 aliphatic carbocycles. The van der Waals surface area contributed by atoms with Crippen molar-refractivity contribution in [3.63, 3.8) is 0 Å². The van der Waals surface area contributed by atoms with Crippen molar-refractivity contribution in [1.29, 1.82) is 0 Å². The number of anilines is 3. The quantitative estimate of drug-likeness (QED) is 0.760. The van der Waals surface area contributed by atoms with Crippen molar-refractivity contribution in [3.8, 4) is 22.4 Å². The van der Waals surface area contributed by atoms with Gasteiger partial charge in [0.05, 0.1) is 5.69 Å². The van der Waals surface area contributed by atoms with Gasteiger partial charge in [-0.15, -0.1) is 0 Å². The number of benzene rings is 1. The van der Waals surface area contributed by atoms with E-state index in [4.69, 9.17) is 11.5 Å². The third kappa shape index (κ3) is 3.03. The van der Waals surface area contributed by atoms with E-state index in [1.807, 2.05) is 37.2 Å². The van der Waals surface area contributed by atoms with E-state index < -0.39 is 0 Å². The molecule has 0 radical (unpaired) electrons. The highest BCUT2D eigenvalue weighted by Crippen LogP contribution is 2.31. The van der Waals surface area contributed by atoms with Gasteiger partial charge in [0.15, 0.2) is 0 Å². The van der Waals surface area contributed by atoms with E-state index in [-0.39, 0.29) is 11.9 Å². The second-order valence-electron chi connectivity index (χ2n) is 5.27. The second kappa shape index (κ2) is 5.88. The first kappa shape index (κ1) is 14.7. The number of hydrogen-bond donors (Lipinski definition) is 2. The van der Waals surface area contributed by atoms with Gasteiger partial charge in [-0.2, -0.15) is 0 Å². The Morgan fingerprint density at radius 2 is 1.57 bits per heavy atom. The predicted octanol–water partition coefficient (Wildman–Crippen LogP) is 1.83. The molecular formula is C16H17N7. The molecule has 0 atom stereocenters. The van der Waals surface area contributed by atoms with Gasteiger partial charge in [-0.3, -0.25) is 0 Å². The van der Waals surface area contributed by atoms with E-state index in [0.29, 0.717) is 5.69 Å². The maximum Gasteiger partial charge on any atom is 0.220 e. The van der Waals surface area contributed by atoms with Crippen LogP contribution in [0.1, 0.15) is 0 Å². The highest BCUT2D eigenvalue weighted by molar-refractivity contribution is 5.81. The summed E-state index contributed by atoms with van der Waals surface area (Å²) >= 11 is 0. The summed E-state index contributed by atoms with van der Waals surface area (Å²) in [6, 6.07) is 8.10. The fraction of sp³-hybridized carbons (Fsp3) is 0.125. The summed E-state index contributed by atoms with van der Waals surface area (Å²) in [4.78, 5) is 18.6. The van der Waals surface area contributed by atoms with Crippen molar-refractivity contribution in [2.45, 2.75) is 0 Å². The summed E-state index contributed by atoms with van der Waals surface area (Å²) < 4.78 is 0. The number of hydrogen-bond acceptors (Lipinski definition) is 7. The van der Waals surface area contributed by atoms with Crippen LogP contribution < -0.4 is 16.4 Å². The molecule has 0 bridgehead atoms. The van der Waals surface area contributed by atoms with Crippen LogP contribution in [0.15, 0.2) is 42.9 Å². The zero-order chi connectivity index (χ0) is 16.4. The molecule has 4 N–H and O–H groups in total. The summed E-state index contributed by atoms with van der Waals surface area (Å²) in [6.07, 6.45) is 4.97. The lowest BCUT2D eigenvalue weighted by Crippen LogP contribution is -2.08. The van der Waals surface area contributed by atoms with Crippen molar-refractivity contribution >= 4 is 17.6 Å². The van der Waals surface area contributed by atoms with Crippen LogP contribution in [0.2, 0.25) is 0 Å². The van der Waals surface area contributed by atoms with Crippen LogP contribution in [0.25, 0.3) is 22.4 Å². The highest BCUT2D eigenvalue weighted by atomic mass is 15.1. The number of aromatic nitrogens is 4. The van der Waals surface area contributed by atoms with E-state index >= 15 is 0 Å². The molecule has 3 aromatic rings. The molecule has 0 saturated carbocycles. The molecule has 0 spiro atoms.